The lowest BCUT2D eigenvalue weighted by Gasteiger charge is -2.23. The molecule has 8 nitrogen and oxygen atoms in total. The van der Waals surface area contributed by atoms with Crippen molar-refractivity contribution in [1.29, 1.82) is 0 Å². The van der Waals surface area contributed by atoms with Gasteiger partial charge in [-0.3, -0.25) is 14.5 Å². The number of aromatic nitrogens is 2. The molecule has 0 unspecified atom stereocenters. The Bertz CT molecular complexity index is 1980. The van der Waals surface area contributed by atoms with Crippen LogP contribution in [0, 0.1) is 0 Å². The maximum absolute atomic E-state index is 13.7. The summed E-state index contributed by atoms with van der Waals surface area (Å²) in [7, 11) is 0. The molecule has 0 bridgehead atoms. The van der Waals surface area contributed by atoms with Gasteiger partial charge in [-0.15, -0.1) is 10.2 Å². The number of amides is 1. The van der Waals surface area contributed by atoms with Crippen molar-refractivity contribution < 1.29 is 24.2 Å². The highest BCUT2D eigenvalue weighted by molar-refractivity contribution is 8.00. The summed E-state index contributed by atoms with van der Waals surface area (Å²) >= 11 is 2.76. The van der Waals surface area contributed by atoms with E-state index in [1.165, 1.54) is 33.4 Å². The summed E-state index contributed by atoms with van der Waals surface area (Å²) in [6, 6.07) is 26.0. The number of nitrogens with zero attached hydrogens (tertiary/aromatic N) is 3. The van der Waals surface area contributed by atoms with Gasteiger partial charge in [0.05, 0.1) is 18.2 Å². The van der Waals surface area contributed by atoms with Gasteiger partial charge in [-0.1, -0.05) is 77.7 Å². The minimum Gasteiger partial charge on any atom is -0.507 e. The van der Waals surface area contributed by atoms with Crippen molar-refractivity contribution in [3.63, 3.8) is 0 Å². The number of hydrogen-bond donors (Lipinski definition) is 1. The first-order chi connectivity index (χ1) is 21.9. The van der Waals surface area contributed by atoms with Crippen molar-refractivity contribution in [1.82, 2.24) is 10.2 Å². The van der Waals surface area contributed by atoms with E-state index in [1.54, 1.807) is 24.3 Å². The molecule has 5 aromatic rings. The molecule has 10 heteroatoms. The molecule has 45 heavy (non-hydrogen) atoms. The van der Waals surface area contributed by atoms with Gasteiger partial charge in [0.1, 0.15) is 23.4 Å². The van der Waals surface area contributed by atoms with Gasteiger partial charge in [-0.05, 0) is 71.6 Å². The fourth-order valence-electron chi connectivity index (χ4n) is 5.93. The Labute approximate surface area is 268 Å². The number of thioether (sulfide) groups is 1. The molecule has 7 rings (SSSR count). The minimum atomic E-state index is -0.933. The van der Waals surface area contributed by atoms with Crippen molar-refractivity contribution >= 4 is 56.5 Å². The second kappa shape index (κ2) is 12.0. The molecule has 0 spiro atoms. The Morgan fingerprint density at radius 3 is 2.73 bits per heavy atom. The first kappa shape index (κ1) is 29.1. The Balaban J connectivity index is 1.26. The fraction of sp³-hybridized carbons (Fsp3) is 0.200. The summed E-state index contributed by atoms with van der Waals surface area (Å²) in [4.78, 5) is 28.8. The second-order valence-electron chi connectivity index (χ2n) is 10.9. The molecule has 1 N–H and O–H groups in total. The lowest BCUT2D eigenvalue weighted by molar-refractivity contribution is -0.132. The SMILES string of the molecule is CCOc1cccc([C@@H]2/C(=C(\O)c3ccc4c(c3)C[C@@H](C)O4)C(=O)C(=O)N2c2nnc(SCc3cccc4ccccc34)s2)c1. The van der Waals surface area contributed by atoms with Gasteiger partial charge >= 0.3 is 5.91 Å². The smallest absolute Gasteiger partial charge is 0.301 e. The fourth-order valence-corrected chi connectivity index (χ4v) is 7.80. The predicted octanol–water partition coefficient (Wildman–Crippen LogP) is 7.33. The molecule has 1 fully saturated rings. The van der Waals surface area contributed by atoms with Crippen molar-refractivity contribution in [2.75, 3.05) is 11.5 Å². The van der Waals surface area contributed by atoms with Crippen molar-refractivity contribution in [3.8, 4) is 11.5 Å². The van der Waals surface area contributed by atoms with Crippen LogP contribution < -0.4 is 14.4 Å². The van der Waals surface area contributed by atoms with Crippen LogP contribution in [0.5, 0.6) is 11.5 Å². The summed E-state index contributed by atoms with van der Waals surface area (Å²) in [5.41, 5.74) is 3.14. The van der Waals surface area contributed by atoms with Crippen molar-refractivity contribution in [2.24, 2.45) is 0 Å². The number of ketones is 1. The Kier molecular flexibility index (Phi) is 7.76. The average molecular weight is 636 g/mol. The van der Waals surface area contributed by atoms with Gasteiger partial charge in [0, 0.05) is 17.7 Å². The highest BCUT2D eigenvalue weighted by Crippen LogP contribution is 2.45. The predicted molar refractivity (Wildman–Crippen MR) is 176 cm³/mol. The third kappa shape index (κ3) is 5.44. The molecule has 1 aromatic heterocycles. The third-order valence-electron chi connectivity index (χ3n) is 7.93. The average Bonchev–Trinajstić information content (AvgIpc) is 3.74. The maximum atomic E-state index is 13.7. The summed E-state index contributed by atoms with van der Waals surface area (Å²) < 4.78 is 12.2. The van der Waals surface area contributed by atoms with Crippen LogP contribution in [0.2, 0.25) is 0 Å². The first-order valence-electron chi connectivity index (χ1n) is 14.7. The summed E-state index contributed by atoms with van der Waals surface area (Å²) in [5.74, 6) is 0.193. The van der Waals surface area contributed by atoms with E-state index in [2.05, 4.69) is 34.5 Å². The molecule has 0 saturated carbocycles. The van der Waals surface area contributed by atoms with E-state index in [0.29, 0.717) is 40.0 Å². The van der Waals surface area contributed by atoms with E-state index in [-0.39, 0.29) is 22.6 Å². The molecular formula is C35H29N3O5S2. The zero-order chi connectivity index (χ0) is 31.1. The summed E-state index contributed by atoms with van der Waals surface area (Å²) in [6.07, 6.45) is 0.712. The van der Waals surface area contributed by atoms with Gasteiger partial charge in [0.15, 0.2) is 4.34 Å². The zero-order valence-corrected chi connectivity index (χ0v) is 26.2. The summed E-state index contributed by atoms with van der Waals surface area (Å²) in [5, 5.41) is 23.0. The standard InChI is InChI=1S/C35H29N3O5S2/c1-3-42-26-12-7-10-22(18-26)30-29(31(39)23-14-15-28-25(17-23)16-20(2)43-28)32(40)33(41)38(30)34-36-37-35(45-34)44-19-24-11-6-9-21-8-4-5-13-27(21)24/h4-15,17-18,20,30,39H,3,16,19H2,1-2H3/b31-29+/t20-,30-/m1/s1. The molecule has 2 aliphatic rings. The molecule has 1 saturated heterocycles. The van der Waals surface area contributed by atoms with Crippen LogP contribution in [0.1, 0.15) is 42.1 Å². The lowest BCUT2D eigenvalue weighted by atomic mass is 9.94. The molecule has 2 aliphatic heterocycles. The Morgan fingerprint density at radius 1 is 1.04 bits per heavy atom. The van der Waals surface area contributed by atoms with Crippen molar-refractivity contribution in [3.05, 3.63) is 113 Å². The number of ether oxygens (including phenoxy) is 2. The van der Waals surface area contributed by atoms with E-state index in [9.17, 15) is 14.7 Å². The third-order valence-corrected chi connectivity index (χ3v) is 10.0. The highest BCUT2D eigenvalue weighted by atomic mass is 32.2. The molecule has 4 aromatic carbocycles. The Morgan fingerprint density at radius 2 is 1.87 bits per heavy atom. The van der Waals surface area contributed by atoms with Crippen LogP contribution >= 0.6 is 23.1 Å². The van der Waals surface area contributed by atoms with Crippen LogP contribution in [-0.2, 0) is 21.8 Å². The largest absolute Gasteiger partial charge is 0.507 e. The van der Waals surface area contributed by atoms with E-state index < -0.39 is 17.7 Å². The molecule has 1 amide bonds. The number of Topliss-reactive ketones (excluding diaryl/α,β-unsaturated/α-hetero) is 1. The number of benzene rings is 4. The van der Waals surface area contributed by atoms with Crippen LogP contribution in [0.3, 0.4) is 0 Å². The van der Waals surface area contributed by atoms with Gasteiger partial charge in [0.25, 0.3) is 5.78 Å². The normalized spacial score (nSPS) is 18.8. The number of aliphatic hydroxyl groups is 1. The highest BCUT2D eigenvalue weighted by Gasteiger charge is 2.48. The van der Waals surface area contributed by atoms with Gasteiger partial charge in [-0.2, -0.15) is 0 Å². The van der Waals surface area contributed by atoms with Crippen LogP contribution in [-0.4, -0.2) is 39.7 Å². The molecule has 3 heterocycles. The number of rotatable bonds is 8. The van der Waals surface area contributed by atoms with Crippen LogP contribution in [0.4, 0.5) is 5.13 Å². The molecular weight excluding hydrogens is 607 g/mol. The second-order valence-corrected chi connectivity index (χ2v) is 13.1. The van der Waals surface area contributed by atoms with Crippen LogP contribution in [0.25, 0.3) is 16.5 Å². The van der Waals surface area contributed by atoms with E-state index in [1.807, 2.05) is 50.2 Å². The molecule has 226 valence electrons. The summed E-state index contributed by atoms with van der Waals surface area (Å²) in [6.45, 7) is 4.32. The van der Waals surface area contributed by atoms with Gasteiger partial charge < -0.3 is 14.6 Å². The molecule has 0 aliphatic carbocycles. The van der Waals surface area contributed by atoms with Crippen LogP contribution in [0.15, 0.2) is 94.8 Å². The number of carbonyl (C=O) groups excluding carboxylic acids is 2. The number of carbonyl (C=O) groups is 2. The molecule has 2 atom stereocenters. The quantitative estimate of drug-likeness (QED) is 0.0622. The monoisotopic (exact) mass is 635 g/mol. The number of aliphatic hydroxyl groups excluding tert-OH is 1. The number of fused-ring (bicyclic) bond motifs is 2. The maximum Gasteiger partial charge on any atom is 0.301 e. The van der Waals surface area contributed by atoms with E-state index >= 15 is 0 Å². The van der Waals surface area contributed by atoms with E-state index in [0.717, 1.165) is 22.3 Å². The minimum absolute atomic E-state index is 0.0132. The van der Waals surface area contributed by atoms with E-state index in [4.69, 9.17) is 9.47 Å². The lowest BCUT2D eigenvalue weighted by Crippen LogP contribution is -2.29. The van der Waals surface area contributed by atoms with Gasteiger partial charge in [0.2, 0.25) is 5.13 Å². The topological polar surface area (TPSA) is 102 Å². The van der Waals surface area contributed by atoms with Crippen molar-refractivity contribution in [2.45, 2.75) is 42.5 Å². The number of anilines is 1. The number of hydrogen-bond acceptors (Lipinski definition) is 9. The first-order valence-corrected chi connectivity index (χ1v) is 16.5. The van der Waals surface area contributed by atoms with Gasteiger partial charge in [-0.25, -0.2) is 0 Å². The molecule has 0 radical (unpaired) electrons. The Hall–Kier alpha value is -4.67. The zero-order valence-electron chi connectivity index (χ0n) is 24.6.